The van der Waals surface area contributed by atoms with Crippen molar-refractivity contribution >= 4 is 11.6 Å². The van der Waals surface area contributed by atoms with Crippen molar-refractivity contribution < 1.29 is 9.84 Å². The first-order valence-electron chi connectivity index (χ1n) is 7.62. The molecule has 1 atom stereocenters. The third-order valence-corrected chi connectivity index (χ3v) is 4.02. The van der Waals surface area contributed by atoms with E-state index in [9.17, 15) is 5.11 Å². The van der Waals surface area contributed by atoms with Crippen LogP contribution < -0.4 is 0 Å². The molecule has 1 aliphatic heterocycles. The van der Waals surface area contributed by atoms with Gasteiger partial charge in [-0.3, -0.25) is 9.80 Å². The molecule has 4 nitrogen and oxygen atoms in total. The number of rotatable bonds is 7. The fourth-order valence-electron chi connectivity index (χ4n) is 2.58. The molecule has 1 fully saturated rings. The highest BCUT2D eigenvalue weighted by molar-refractivity contribution is 6.30. The Morgan fingerprint density at radius 3 is 2.38 bits per heavy atom. The minimum Gasteiger partial charge on any atom is -0.389 e. The van der Waals surface area contributed by atoms with E-state index in [2.05, 4.69) is 21.9 Å². The van der Waals surface area contributed by atoms with Crippen LogP contribution in [0.4, 0.5) is 0 Å². The summed E-state index contributed by atoms with van der Waals surface area (Å²) in [5, 5.41) is 10.7. The fourth-order valence-corrected chi connectivity index (χ4v) is 2.71. The molecule has 0 amide bonds. The number of hydrogen-bond acceptors (Lipinski definition) is 4. The van der Waals surface area contributed by atoms with Gasteiger partial charge in [-0.1, -0.05) is 23.7 Å². The van der Waals surface area contributed by atoms with Crippen LogP contribution in [-0.4, -0.2) is 66.9 Å². The summed E-state index contributed by atoms with van der Waals surface area (Å²) in [6.45, 7) is 8.76. The number of piperazine rings is 1. The summed E-state index contributed by atoms with van der Waals surface area (Å²) >= 11 is 5.90. The van der Waals surface area contributed by atoms with Crippen LogP contribution in [0.3, 0.4) is 0 Å². The van der Waals surface area contributed by atoms with Crippen LogP contribution in [0.15, 0.2) is 24.3 Å². The molecule has 2 rings (SSSR count). The van der Waals surface area contributed by atoms with Gasteiger partial charge in [-0.15, -0.1) is 0 Å². The highest BCUT2D eigenvalue weighted by Gasteiger charge is 2.19. The number of halogens is 1. The normalized spacial score (nSPS) is 18.8. The molecule has 118 valence electrons. The average molecular weight is 313 g/mol. The number of β-amino-alcohol motifs (C(OH)–C–C–N with tert-alkyl or cyclic N) is 1. The predicted molar refractivity (Wildman–Crippen MR) is 85.7 cm³/mol. The van der Waals surface area contributed by atoms with Crippen molar-refractivity contribution in [3.63, 3.8) is 0 Å². The van der Waals surface area contributed by atoms with Crippen molar-refractivity contribution in [1.82, 2.24) is 9.80 Å². The molecule has 1 saturated heterocycles. The lowest BCUT2D eigenvalue weighted by Crippen LogP contribution is -2.48. The zero-order valence-electron chi connectivity index (χ0n) is 12.7. The summed E-state index contributed by atoms with van der Waals surface area (Å²) in [6, 6.07) is 8.05. The zero-order valence-corrected chi connectivity index (χ0v) is 13.4. The Kier molecular flexibility index (Phi) is 6.93. The van der Waals surface area contributed by atoms with Gasteiger partial charge in [-0.25, -0.2) is 0 Å². The molecule has 0 spiro atoms. The van der Waals surface area contributed by atoms with E-state index < -0.39 is 0 Å². The highest BCUT2D eigenvalue weighted by atomic mass is 35.5. The lowest BCUT2D eigenvalue weighted by atomic mass is 10.2. The van der Waals surface area contributed by atoms with Crippen LogP contribution in [0.1, 0.15) is 12.5 Å². The highest BCUT2D eigenvalue weighted by Crippen LogP contribution is 2.13. The van der Waals surface area contributed by atoms with Crippen molar-refractivity contribution in [3.05, 3.63) is 34.9 Å². The summed E-state index contributed by atoms with van der Waals surface area (Å²) in [7, 11) is 0. The van der Waals surface area contributed by atoms with E-state index >= 15 is 0 Å². The van der Waals surface area contributed by atoms with Gasteiger partial charge in [0.15, 0.2) is 0 Å². The van der Waals surface area contributed by atoms with Gasteiger partial charge in [-0.2, -0.15) is 0 Å². The number of aliphatic hydroxyl groups is 1. The van der Waals surface area contributed by atoms with Crippen molar-refractivity contribution in [3.8, 4) is 0 Å². The third-order valence-electron chi connectivity index (χ3n) is 3.77. The van der Waals surface area contributed by atoms with Crippen molar-refractivity contribution in [2.75, 3.05) is 45.9 Å². The second-order valence-electron chi connectivity index (χ2n) is 5.52. The molecule has 1 heterocycles. The Morgan fingerprint density at radius 2 is 1.76 bits per heavy atom. The summed E-state index contributed by atoms with van der Waals surface area (Å²) in [5.74, 6) is 0. The number of hydrogen-bond donors (Lipinski definition) is 1. The van der Waals surface area contributed by atoms with Crippen LogP contribution in [0.25, 0.3) is 0 Å². The van der Waals surface area contributed by atoms with E-state index in [-0.39, 0.29) is 6.10 Å². The Labute approximate surface area is 132 Å². The smallest absolute Gasteiger partial charge is 0.0900 e. The van der Waals surface area contributed by atoms with E-state index in [0.29, 0.717) is 19.8 Å². The van der Waals surface area contributed by atoms with Gasteiger partial charge in [-0.05, 0) is 24.6 Å². The van der Waals surface area contributed by atoms with E-state index in [0.717, 1.165) is 37.7 Å². The van der Waals surface area contributed by atoms with Gasteiger partial charge >= 0.3 is 0 Å². The van der Waals surface area contributed by atoms with Crippen LogP contribution >= 0.6 is 11.6 Å². The molecule has 0 bridgehead atoms. The second-order valence-corrected chi connectivity index (χ2v) is 5.95. The van der Waals surface area contributed by atoms with Crippen LogP contribution in [0.2, 0.25) is 5.02 Å². The first-order chi connectivity index (χ1) is 10.2. The van der Waals surface area contributed by atoms with Gasteiger partial charge in [0, 0.05) is 50.9 Å². The standard InChI is InChI=1S/C16H25ClN2O2/c1-2-21-13-16(20)12-19-9-7-18(8-10-19)11-14-3-5-15(17)6-4-14/h3-6,16,20H,2,7-13H2,1H3. The Morgan fingerprint density at radius 1 is 1.14 bits per heavy atom. The molecular weight excluding hydrogens is 288 g/mol. The lowest BCUT2D eigenvalue weighted by molar-refractivity contribution is 0.0101. The van der Waals surface area contributed by atoms with E-state index in [4.69, 9.17) is 16.3 Å². The first kappa shape index (κ1) is 16.7. The Bertz CT molecular complexity index is 405. The first-order valence-corrected chi connectivity index (χ1v) is 8.00. The summed E-state index contributed by atoms with van der Waals surface area (Å²) < 4.78 is 5.25. The van der Waals surface area contributed by atoms with Crippen molar-refractivity contribution in [2.24, 2.45) is 0 Å². The number of ether oxygens (including phenoxy) is 1. The maximum Gasteiger partial charge on any atom is 0.0900 e. The topological polar surface area (TPSA) is 35.9 Å². The molecular formula is C16H25ClN2O2. The molecule has 1 aromatic rings. The second kappa shape index (κ2) is 8.71. The molecule has 5 heteroatoms. The van der Waals surface area contributed by atoms with E-state index in [1.807, 2.05) is 19.1 Å². The SMILES string of the molecule is CCOCC(O)CN1CCN(Cc2ccc(Cl)cc2)CC1. The molecule has 0 radical (unpaired) electrons. The molecule has 1 N–H and O–H groups in total. The molecule has 1 unspecified atom stereocenters. The third kappa shape index (κ3) is 5.93. The predicted octanol–water partition coefficient (Wildman–Crippen LogP) is 1.85. The molecule has 0 aromatic heterocycles. The number of aliphatic hydroxyl groups excluding tert-OH is 1. The maximum atomic E-state index is 9.87. The maximum absolute atomic E-state index is 9.87. The van der Waals surface area contributed by atoms with E-state index in [1.165, 1.54) is 5.56 Å². The van der Waals surface area contributed by atoms with Gasteiger partial charge < -0.3 is 9.84 Å². The van der Waals surface area contributed by atoms with Crippen LogP contribution in [-0.2, 0) is 11.3 Å². The van der Waals surface area contributed by atoms with Gasteiger partial charge in [0.2, 0.25) is 0 Å². The summed E-state index contributed by atoms with van der Waals surface area (Å²) in [5.41, 5.74) is 1.30. The number of nitrogens with zero attached hydrogens (tertiary/aromatic N) is 2. The molecule has 0 saturated carbocycles. The molecule has 21 heavy (non-hydrogen) atoms. The quantitative estimate of drug-likeness (QED) is 0.833. The Balaban J connectivity index is 1.69. The minimum absolute atomic E-state index is 0.382. The van der Waals surface area contributed by atoms with Crippen LogP contribution in [0, 0.1) is 0 Å². The van der Waals surface area contributed by atoms with Gasteiger partial charge in [0.1, 0.15) is 0 Å². The number of benzene rings is 1. The molecule has 1 aromatic carbocycles. The van der Waals surface area contributed by atoms with Gasteiger partial charge in [0.25, 0.3) is 0 Å². The average Bonchev–Trinajstić information content (AvgIpc) is 2.49. The fraction of sp³-hybridized carbons (Fsp3) is 0.625. The summed E-state index contributed by atoms with van der Waals surface area (Å²) in [4.78, 5) is 4.75. The summed E-state index contributed by atoms with van der Waals surface area (Å²) in [6.07, 6.45) is -0.382. The van der Waals surface area contributed by atoms with Crippen LogP contribution in [0.5, 0.6) is 0 Å². The van der Waals surface area contributed by atoms with Crippen molar-refractivity contribution in [2.45, 2.75) is 19.6 Å². The molecule has 0 aliphatic carbocycles. The largest absolute Gasteiger partial charge is 0.389 e. The minimum atomic E-state index is -0.382. The molecule has 1 aliphatic rings. The zero-order chi connectivity index (χ0) is 15.1. The Hall–Kier alpha value is -0.650. The van der Waals surface area contributed by atoms with Crippen molar-refractivity contribution in [1.29, 1.82) is 0 Å². The van der Waals surface area contributed by atoms with E-state index in [1.54, 1.807) is 0 Å². The monoisotopic (exact) mass is 312 g/mol. The lowest BCUT2D eigenvalue weighted by Gasteiger charge is -2.35. The van der Waals surface area contributed by atoms with Gasteiger partial charge in [0.05, 0.1) is 12.7 Å².